The number of benzene rings is 5. The number of nitrogens with zero attached hydrogens (tertiary/aromatic N) is 1. The molecule has 1 N–H and O–H groups in total. The van der Waals surface area contributed by atoms with Crippen LogP contribution in [0.2, 0.25) is 0 Å². The van der Waals surface area contributed by atoms with Crippen LogP contribution in [0.5, 0.6) is 0 Å². The molecule has 10 atom stereocenters. The Morgan fingerprint density at radius 2 is 1.10 bits per heavy atom. The molecule has 2 saturated heterocycles. The maximum Gasteiger partial charge on any atom is 0.410 e. The minimum absolute atomic E-state index is 0.0602. The fraction of sp³-hybridized carbons (Fsp3) is 0.358. The summed E-state index contributed by atoms with van der Waals surface area (Å²) in [4.78, 5) is 55.7. The summed E-state index contributed by atoms with van der Waals surface area (Å²) in [5, 5.41) is 11.3. The van der Waals surface area contributed by atoms with E-state index in [-0.39, 0.29) is 50.6 Å². The van der Waals surface area contributed by atoms with Crippen molar-refractivity contribution in [2.24, 2.45) is 11.8 Å². The fourth-order valence-corrected chi connectivity index (χ4v) is 8.03. The van der Waals surface area contributed by atoms with Crippen LogP contribution < -0.4 is 0 Å². The van der Waals surface area contributed by atoms with Crippen molar-refractivity contribution in [3.8, 4) is 0 Å². The summed E-state index contributed by atoms with van der Waals surface area (Å²) in [5.41, 5.74) is 3.09. The van der Waals surface area contributed by atoms with Crippen LogP contribution in [0.25, 0.3) is 0 Å². The van der Waals surface area contributed by atoms with Gasteiger partial charge in [-0.25, -0.2) is 19.2 Å². The summed E-state index contributed by atoms with van der Waals surface area (Å²) < 4.78 is 55.4. The molecular weight excluding hydrogens is 875 g/mol. The molecule has 358 valence electrons. The normalized spacial score (nSPS) is 24.5. The maximum atomic E-state index is 13.9. The first kappa shape index (κ1) is 49.4. The third-order valence-electron chi connectivity index (χ3n) is 11.8. The Balaban J connectivity index is 1.17. The molecule has 0 bridgehead atoms. The van der Waals surface area contributed by atoms with E-state index in [0.717, 1.165) is 23.8 Å². The number of aliphatic hydroxyl groups excluding tert-OH is 1. The van der Waals surface area contributed by atoms with Gasteiger partial charge in [-0.2, -0.15) is 0 Å². The number of carbonyl (C=O) groups is 4. The number of ether oxygens (including phenoxy) is 9. The van der Waals surface area contributed by atoms with Gasteiger partial charge in [0.2, 0.25) is 0 Å². The van der Waals surface area contributed by atoms with Crippen LogP contribution in [0.15, 0.2) is 152 Å². The smallest absolute Gasteiger partial charge is 0.410 e. The minimum Gasteiger partial charge on any atom is -0.467 e. The predicted octanol–water partition coefficient (Wildman–Crippen LogP) is 7.15. The quantitative estimate of drug-likeness (QED) is 0.0653. The summed E-state index contributed by atoms with van der Waals surface area (Å²) >= 11 is 0. The number of amides is 1. The molecule has 0 aliphatic carbocycles. The zero-order valence-corrected chi connectivity index (χ0v) is 38.2. The lowest BCUT2D eigenvalue weighted by Gasteiger charge is -2.48. The largest absolute Gasteiger partial charge is 0.467 e. The highest BCUT2D eigenvalue weighted by molar-refractivity contribution is 5.90. The van der Waals surface area contributed by atoms with Crippen molar-refractivity contribution in [1.82, 2.24) is 4.90 Å². The first-order chi connectivity index (χ1) is 33.1. The Morgan fingerprint density at radius 1 is 0.603 bits per heavy atom. The molecule has 2 aliphatic heterocycles. The molecule has 15 nitrogen and oxygen atoms in total. The molecule has 7 rings (SSSR count). The number of aliphatic hydroxyl groups is 1. The van der Waals surface area contributed by atoms with Gasteiger partial charge in [-0.1, -0.05) is 141 Å². The molecule has 0 aromatic heterocycles. The van der Waals surface area contributed by atoms with Gasteiger partial charge in [0.05, 0.1) is 50.3 Å². The van der Waals surface area contributed by atoms with E-state index >= 15 is 0 Å². The number of rotatable bonds is 19. The molecule has 2 heterocycles. The molecule has 1 amide bonds. The first-order valence-corrected chi connectivity index (χ1v) is 22.6. The van der Waals surface area contributed by atoms with E-state index in [4.69, 9.17) is 42.6 Å². The van der Waals surface area contributed by atoms with Crippen LogP contribution in [0.3, 0.4) is 0 Å². The van der Waals surface area contributed by atoms with Crippen molar-refractivity contribution < 1.29 is 66.9 Å². The van der Waals surface area contributed by atoms with Gasteiger partial charge >= 0.3 is 24.0 Å². The third kappa shape index (κ3) is 13.2. The average molecular weight is 932 g/mol. The molecule has 2 fully saturated rings. The average Bonchev–Trinajstić information content (AvgIpc) is 3.38. The van der Waals surface area contributed by atoms with Gasteiger partial charge in [-0.3, -0.25) is 0 Å². The zero-order valence-electron chi connectivity index (χ0n) is 38.2. The van der Waals surface area contributed by atoms with Crippen molar-refractivity contribution in [3.05, 3.63) is 179 Å². The topological polar surface area (TPSA) is 175 Å². The second-order valence-corrected chi connectivity index (χ2v) is 16.6. The lowest BCUT2D eigenvalue weighted by molar-refractivity contribution is -0.343. The summed E-state index contributed by atoms with van der Waals surface area (Å²) in [6.45, 7) is 3.78. The fourth-order valence-electron chi connectivity index (χ4n) is 8.03. The van der Waals surface area contributed by atoms with Crippen molar-refractivity contribution in [1.29, 1.82) is 0 Å². The number of methoxy groups -OCH3 is 1. The van der Waals surface area contributed by atoms with Crippen LogP contribution in [-0.2, 0) is 67.2 Å². The second kappa shape index (κ2) is 24.5. The molecule has 0 spiro atoms. The summed E-state index contributed by atoms with van der Waals surface area (Å²) in [5.74, 6) is -3.92. The monoisotopic (exact) mass is 931 g/mol. The van der Waals surface area contributed by atoms with Gasteiger partial charge in [0.15, 0.2) is 30.9 Å². The highest BCUT2D eigenvalue weighted by atomic mass is 16.8. The summed E-state index contributed by atoms with van der Waals surface area (Å²) in [6, 6.07) is 45.0. The highest BCUT2D eigenvalue weighted by Gasteiger charge is 2.54. The molecule has 5 aromatic rings. The molecule has 2 aliphatic rings. The lowest BCUT2D eigenvalue weighted by Crippen LogP contribution is -2.62. The molecule has 5 aromatic carbocycles. The number of esters is 3. The Bertz CT molecular complexity index is 2340. The first-order valence-electron chi connectivity index (χ1n) is 22.6. The summed E-state index contributed by atoms with van der Waals surface area (Å²) in [6.07, 6.45) is -10.7. The van der Waals surface area contributed by atoms with Crippen molar-refractivity contribution in [2.45, 2.75) is 82.8 Å². The lowest BCUT2D eigenvalue weighted by atomic mass is 9.88. The van der Waals surface area contributed by atoms with Crippen LogP contribution in [-0.4, -0.2) is 110 Å². The SMILES string of the molecule is COC(=O)C1O[C@@H](O[C@@H]2C(COCc3ccccc3)O[C@@H](OCCN(Cc3ccccc3)C(=O)OCc3ccccc3)C(OC(=O)c3ccccc3)[C@H]2C)C(OC(=O)c2ccccc2)[C@@H](C)[C@@H]1O. The van der Waals surface area contributed by atoms with Crippen molar-refractivity contribution >= 4 is 24.0 Å². The van der Waals surface area contributed by atoms with E-state index in [9.17, 15) is 24.3 Å². The van der Waals surface area contributed by atoms with E-state index in [0.29, 0.717) is 0 Å². The molecule has 0 radical (unpaired) electrons. The van der Waals surface area contributed by atoms with Crippen LogP contribution in [0.1, 0.15) is 51.3 Å². The Hall–Kier alpha value is -6.46. The number of carbonyl (C=O) groups excluding carboxylic acids is 4. The van der Waals surface area contributed by atoms with Gasteiger partial charge in [0.1, 0.15) is 12.7 Å². The number of hydrogen-bond donors (Lipinski definition) is 1. The van der Waals surface area contributed by atoms with Gasteiger partial charge < -0.3 is 52.6 Å². The Morgan fingerprint density at radius 3 is 1.65 bits per heavy atom. The predicted molar refractivity (Wildman–Crippen MR) is 245 cm³/mol. The molecule has 0 saturated carbocycles. The van der Waals surface area contributed by atoms with Gasteiger partial charge in [-0.05, 0) is 41.0 Å². The molecule has 15 heteroatoms. The second-order valence-electron chi connectivity index (χ2n) is 16.6. The van der Waals surface area contributed by atoms with Crippen molar-refractivity contribution in [3.63, 3.8) is 0 Å². The van der Waals surface area contributed by atoms with Gasteiger partial charge in [0, 0.05) is 24.9 Å². The van der Waals surface area contributed by atoms with E-state index in [2.05, 4.69) is 0 Å². The van der Waals surface area contributed by atoms with Crippen LogP contribution in [0.4, 0.5) is 4.79 Å². The van der Waals surface area contributed by atoms with E-state index in [1.54, 1.807) is 74.5 Å². The highest BCUT2D eigenvalue weighted by Crippen LogP contribution is 2.37. The third-order valence-corrected chi connectivity index (χ3v) is 11.8. The summed E-state index contributed by atoms with van der Waals surface area (Å²) in [7, 11) is 1.16. The Kier molecular flexibility index (Phi) is 17.8. The standard InChI is InChI=1S/C53H57NO14/c1-35-43(55)47(50(58)60-3)68-52(45(35)65-48(56)40-25-15-7-16-26-40)67-44-36(2)46(66-49(57)41-27-17-8-18-28-41)51(64-42(44)34-61-32-38-21-11-5-12-22-38)62-30-29-54(31-37-19-9-4-10-20-37)53(59)63-33-39-23-13-6-14-24-39/h4-28,35-36,42-47,51-52,55H,29-34H2,1-3H3/t35-,36-,42?,43-,44-,45?,46?,47?,51+,52+/m0/s1. The van der Waals surface area contributed by atoms with E-state index in [1.165, 1.54) is 4.90 Å². The zero-order chi connectivity index (χ0) is 47.8. The van der Waals surface area contributed by atoms with Gasteiger partial charge in [-0.15, -0.1) is 0 Å². The minimum atomic E-state index is -1.51. The molecule has 4 unspecified atom stereocenters. The van der Waals surface area contributed by atoms with Crippen molar-refractivity contribution in [2.75, 3.05) is 26.9 Å². The Labute approximate surface area is 395 Å². The van der Waals surface area contributed by atoms with Gasteiger partial charge in [0.25, 0.3) is 0 Å². The van der Waals surface area contributed by atoms with Crippen LogP contribution in [0, 0.1) is 11.8 Å². The maximum absolute atomic E-state index is 13.9. The number of hydrogen-bond acceptors (Lipinski definition) is 14. The van der Waals surface area contributed by atoms with E-state index in [1.807, 2.05) is 91.0 Å². The van der Waals surface area contributed by atoms with Crippen LogP contribution >= 0.6 is 0 Å². The van der Waals surface area contributed by atoms with E-state index < -0.39 is 85.0 Å². The molecular formula is C53H57NO14. The molecule has 68 heavy (non-hydrogen) atoms.